The third-order valence-electron chi connectivity index (χ3n) is 7.42. The van der Waals surface area contributed by atoms with Crippen LogP contribution in [0.3, 0.4) is 0 Å². The van der Waals surface area contributed by atoms with Crippen LogP contribution in [0.15, 0.2) is 36.7 Å². The molecule has 1 N–H and O–H groups in total. The Kier molecular flexibility index (Phi) is 8.37. The molecule has 0 radical (unpaired) electrons. The number of fused-ring (bicyclic) bond motifs is 1. The van der Waals surface area contributed by atoms with Crippen molar-refractivity contribution in [1.82, 2.24) is 34.3 Å². The number of hydrogen-bond donors (Lipinski definition) is 1. The van der Waals surface area contributed by atoms with E-state index in [9.17, 15) is 8.78 Å². The van der Waals surface area contributed by atoms with Gasteiger partial charge in [-0.15, -0.1) is 0 Å². The molecule has 1 saturated heterocycles. The van der Waals surface area contributed by atoms with Crippen molar-refractivity contribution >= 4 is 22.8 Å². The van der Waals surface area contributed by atoms with Gasteiger partial charge < -0.3 is 14.8 Å². The number of rotatable bonds is 9. The molecule has 1 fully saturated rings. The number of nitrogens with one attached hydrogen (secondary N) is 1. The van der Waals surface area contributed by atoms with E-state index >= 15 is 0 Å². The first-order chi connectivity index (χ1) is 19.2. The molecule has 0 atom stereocenters. The van der Waals surface area contributed by atoms with E-state index in [1.54, 1.807) is 6.07 Å². The maximum absolute atomic E-state index is 15.0. The zero-order chi connectivity index (χ0) is 28.4. The van der Waals surface area contributed by atoms with Gasteiger partial charge in [-0.05, 0) is 63.4 Å². The van der Waals surface area contributed by atoms with Gasteiger partial charge in [-0.3, -0.25) is 4.90 Å². The molecule has 0 amide bonds. The largest absolute Gasteiger partial charge is 0.326 e. The second kappa shape index (κ2) is 11.9. The Morgan fingerprint density at radius 1 is 0.900 bits per heavy atom. The summed E-state index contributed by atoms with van der Waals surface area (Å²) in [5, 5.41) is 3.05. The molecule has 1 aliphatic heterocycles. The summed E-state index contributed by atoms with van der Waals surface area (Å²) in [5.74, 6) is 1.02. The van der Waals surface area contributed by atoms with Crippen LogP contribution in [0.1, 0.15) is 51.5 Å². The van der Waals surface area contributed by atoms with Gasteiger partial charge >= 0.3 is 0 Å². The molecule has 1 aliphatic rings. The standard InChI is InChI=1S/C30H38F2N8/c1-19(2)8-9-38-10-12-39(13-11-38)18-22-6-7-27(33-16-22)36-30-34-17-25(32)28(37-30)23-14-24(31)29-26(15-23)40(20(3)4)21(5)35-29/h6-7,14-17,19-20H,8-13,18H2,1-5H3,(H,33,34,36,37). The lowest BCUT2D eigenvalue weighted by Gasteiger charge is -2.35. The predicted octanol–water partition coefficient (Wildman–Crippen LogP) is 5.96. The maximum Gasteiger partial charge on any atom is 0.229 e. The van der Waals surface area contributed by atoms with Crippen LogP contribution in [0.5, 0.6) is 0 Å². The van der Waals surface area contributed by atoms with Gasteiger partial charge in [-0.1, -0.05) is 19.9 Å². The highest BCUT2D eigenvalue weighted by Crippen LogP contribution is 2.30. The lowest BCUT2D eigenvalue weighted by Crippen LogP contribution is -2.46. The van der Waals surface area contributed by atoms with Gasteiger partial charge in [-0.25, -0.2) is 28.7 Å². The molecule has 0 aliphatic carbocycles. The van der Waals surface area contributed by atoms with E-state index in [4.69, 9.17) is 0 Å². The summed E-state index contributed by atoms with van der Waals surface area (Å²) in [5.41, 5.74) is 2.33. The van der Waals surface area contributed by atoms with Crippen molar-refractivity contribution in [2.24, 2.45) is 5.92 Å². The van der Waals surface area contributed by atoms with Crippen molar-refractivity contribution in [2.45, 2.75) is 53.6 Å². The highest BCUT2D eigenvalue weighted by Gasteiger charge is 2.19. The number of nitrogens with zero attached hydrogens (tertiary/aromatic N) is 7. The third kappa shape index (κ3) is 6.28. The molecule has 10 heteroatoms. The Balaban J connectivity index is 1.27. The molecule has 1 aromatic carbocycles. The Labute approximate surface area is 234 Å². The summed E-state index contributed by atoms with van der Waals surface area (Å²) in [6.45, 7) is 16.7. The molecule has 0 spiro atoms. The number of benzene rings is 1. The van der Waals surface area contributed by atoms with Crippen molar-refractivity contribution in [3.05, 3.63) is 59.7 Å². The van der Waals surface area contributed by atoms with Gasteiger partial charge in [0.15, 0.2) is 11.6 Å². The molecule has 0 unspecified atom stereocenters. The van der Waals surface area contributed by atoms with E-state index in [1.807, 2.05) is 43.7 Å². The van der Waals surface area contributed by atoms with Crippen molar-refractivity contribution in [1.29, 1.82) is 0 Å². The zero-order valence-electron chi connectivity index (χ0n) is 24.0. The lowest BCUT2D eigenvalue weighted by atomic mass is 10.1. The Bertz CT molecular complexity index is 1460. The Morgan fingerprint density at radius 2 is 1.65 bits per heavy atom. The van der Waals surface area contributed by atoms with Crippen LogP contribution in [-0.4, -0.2) is 67.0 Å². The predicted molar refractivity (Wildman–Crippen MR) is 154 cm³/mol. The van der Waals surface area contributed by atoms with Crippen LogP contribution >= 0.6 is 0 Å². The molecule has 3 aromatic heterocycles. The van der Waals surface area contributed by atoms with Gasteiger partial charge in [0, 0.05) is 50.5 Å². The minimum absolute atomic E-state index is 0.0108. The number of halogens is 2. The molecule has 0 bridgehead atoms. The molecule has 8 nitrogen and oxygen atoms in total. The van der Waals surface area contributed by atoms with Crippen LogP contribution in [0.2, 0.25) is 0 Å². The number of aryl methyl sites for hydroxylation is 1. The van der Waals surface area contributed by atoms with E-state index in [1.165, 1.54) is 19.0 Å². The first-order valence-electron chi connectivity index (χ1n) is 14.1. The fourth-order valence-electron chi connectivity index (χ4n) is 5.26. The Morgan fingerprint density at radius 3 is 2.33 bits per heavy atom. The maximum atomic E-state index is 15.0. The minimum atomic E-state index is -0.635. The second-order valence-electron chi connectivity index (χ2n) is 11.3. The summed E-state index contributed by atoms with van der Waals surface area (Å²) in [7, 11) is 0. The summed E-state index contributed by atoms with van der Waals surface area (Å²) in [4.78, 5) is 22.3. The smallest absolute Gasteiger partial charge is 0.229 e. The van der Waals surface area contributed by atoms with Crippen LogP contribution in [0, 0.1) is 24.5 Å². The summed E-state index contributed by atoms with van der Waals surface area (Å²) >= 11 is 0. The second-order valence-corrected chi connectivity index (χ2v) is 11.3. The van der Waals surface area contributed by atoms with Crippen LogP contribution in [0.4, 0.5) is 20.5 Å². The number of aromatic nitrogens is 5. The fraction of sp³-hybridized carbons (Fsp3) is 0.467. The molecule has 5 rings (SSSR count). The van der Waals surface area contributed by atoms with Crippen LogP contribution in [-0.2, 0) is 6.54 Å². The topological polar surface area (TPSA) is 75.0 Å². The van der Waals surface area contributed by atoms with Crippen molar-refractivity contribution in [2.75, 3.05) is 38.0 Å². The molecule has 4 heterocycles. The third-order valence-corrected chi connectivity index (χ3v) is 7.42. The molecule has 4 aromatic rings. The average Bonchev–Trinajstić information content (AvgIpc) is 3.27. The molecule has 0 saturated carbocycles. The quantitative estimate of drug-likeness (QED) is 0.277. The van der Waals surface area contributed by atoms with Gasteiger partial charge in [0.1, 0.15) is 22.9 Å². The fourth-order valence-corrected chi connectivity index (χ4v) is 5.26. The van der Waals surface area contributed by atoms with Crippen LogP contribution < -0.4 is 5.32 Å². The van der Waals surface area contributed by atoms with Crippen molar-refractivity contribution in [3.8, 4) is 11.3 Å². The normalized spacial score (nSPS) is 15.0. The van der Waals surface area contributed by atoms with Crippen molar-refractivity contribution in [3.63, 3.8) is 0 Å². The summed E-state index contributed by atoms with van der Waals surface area (Å²) < 4.78 is 31.8. The van der Waals surface area contributed by atoms with E-state index < -0.39 is 11.6 Å². The van der Waals surface area contributed by atoms with Crippen molar-refractivity contribution < 1.29 is 8.78 Å². The monoisotopic (exact) mass is 548 g/mol. The number of piperazine rings is 1. The Hall–Kier alpha value is -3.50. The molecular weight excluding hydrogens is 510 g/mol. The van der Waals surface area contributed by atoms with Gasteiger partial charge in [0.05, 0.1) is 11.7 Å². The average molecular weight is 549 g/mol. The van der Waals surface area contributed by atoms with E-state index in [0.29, 0.717) is 22.7 Å². The number of pyridine rings is 1. The summed E-state index contributed by atoms with van der Waals surface area (Å²) in [6.07, 6.45) is 4.18. The first-order valence-corrected chi connectivity index (χ1v) is 14.1. The van der Waals surface area contributed by atoms with Gasteiger partial charge in [0.25, 0.3) is 0 Å². The first kappa shape index (κ1) is 28.0. The highest BCUT2D eigenvalue weighted by molar-refractivity contribution is 5.83. The summed E-state index contributed by atoms with van der Waals surface area (Å²) in [6, 6.07) is 6.97. The van der Waals surface area contributed by atoms with Crippen LogP contribution in [0.25, 0.3) is 22.3 Å². The van der Waals surface area contributed by atoms with E-state index in [2.05, 4.69) is 48.9 Å². The lowest BCUT2D eigenvalue weighted by molar-refractivity contribution is 0.123. The number of anilines is 2. The zero-order valence-corrected chi connectivity index (χ0v) is 24.0. The molecular formula is C30H38F2N8. The van der Waals surface area contributed by atoms with Gasteiger partial charge in [-0.2, -0.15) is 0 Å². The van der Waals surface area contributed by atoms with Gasteiger partial charge in [0.2, 0.25) is 5.95 Å². The number of imidazole rings is 1. The molecule has 212 valence electrons. The van der Waals surface area contributed by atoms with E-state index in [-0.39, 0.29) is 23.2 Å². The minimum Gasteiger partial charge on any atom is -0.326 e. The van der Waals surface area contributed by atoms with E-state index in [0.717, 1.165) is 50.4 Å². The molecule has 40 heavy (non-hydrogen) atoms. The SMILES string of the molecule is Cc1nc2c(F)cc(-c3nc(Nc4ccc(CN5CCN(CCC(C)C)CC5)cn4)ncc3F)cc2n1C(C)C. The highest BCUT2D eigenvalue weighted by atomic mass is 19.1. The number of hydrogen-bond acceptors (Lipinski definition) is 7.